The van der Waals surface area contributed by atoms with Crippen molar-refractivity contribution in [3.63, 3.8) is 0 Å². The first-order chi connectivity index (χ1) is 13.1. The van der Waals surface area contributed by atoms with E-state index in [1.54, 1.807) is 6.20 Å². The Morgan fingerprint density at radius 2 is 1.96 bits per heavy atom. The molecular formula is C20H31N3O2S2. The van der Waals surface area contributed by atoms with Gasteiger partial charge in [-0.1, -0.05) is 36.7 Å². The van der Waals surface area contributed by atoms with Gasteiger partial charge in [0, 0.05) is 12.1 Å². The van der Waals surface area contributed by atoms with Crippen molar-refractivity contribution >= 4 is 35.1 Å². The number of nitrogens with zero attached hydrogens (tertiary/aromatic N) is 2. The van der Waals surface area contributed by atoms with Gasteiger partial charge >= 0.3 is 6.03 Å². The zero-order chi connectivity index (χ0) is 19.2. The summed E-state index contributed by atoms with van der Waals surface area (Å²) in [4.78, 5) is 19.5. The van der Waals surface area contributed by atoms with E-state index in [1.807, 2.05) is 13.0 Å². The maximum absolute atomic E-state index is 13.1. The molecule has 1 aromatic rings. The molecule has 0 radical (unpaired) electrons. The number of thiazole rings is 1. The van der Waals surface area contributed by atoms with Gasteiger partial charge < -0.3 is 9.64 Å². The van der Waals surface area contributed by atoms with Crippen molar-refractivity contribution in [2.24, 2.45) is 0 Å². The highest BCUT2D eigenvalue weighted by Gasteiger charge is 2.35. The predicted octanol–water partition coefficient (Wildman–Crippen LogP) is 5.50. The maximum Gasteiger partial charge on any atom is 0.324 e. The summed E-state index contributed by atoms with van der Waals surface area (Å²) in [5.41, 5.74) is 0. The van der Waals surface area contributed by atoms with Gasteiger partial charge in [-0.25, -0.2) is 9.78 Å². The third-order valence-electron chi connectivity index (χ3n) is 5.69. The molecule has 0 spiro atoms. The van der Waals surface area contributed by atoms with Gasteiger partial charge in [0.25, 0.3) is 0 Å². The van der Waals surface area contributed by atoms with Crippen molar-refractivity contribution < 1.29 is 9.53 Å². The van der Waals surface area contributed by atoms with E-state index in [4.69, 9.17) is 4.74 Å². The summed E-state index contributed by atoms with van der Waals surface area (Å²) >= 11 is 5.70. The minimum absolute atomic E-state index is 0.00610. The molecule has 1 atom stereocenters. The Labute approximate surface area is 172 Å². The molecule has 27 heavy (non-hydrogen) atoms. The van der Waals surface area contributed by atoms with Crippen LogP contribution in [-0.4, -0.2) is 40.2 Å². The number of rotatable bonds is 6. The van der Waals surface area contributed by atoms with Crippen LogP contribution >= 0.6 is 24.0 Å². The summed E-state index contributed by atoms with van der Waals surface area (Å²) in [6.07, 6.45) is 13.8. The molecule has 2 fully saturated rings. The highest BCUT2D eigenvalue weighted by molar-refractivity contribution is 7.83. The lowest BCUT2D eigenvalue weighted by atomic mass is 9.87. The minimum atomic E-state index is -0.00610. The van der Waals surface area contributed by atoms with Crippen molar-refractivity contribution in [3.05, 3.63) is 18.9 Å². The second-order valence-electron chi connectivity index (χ2n) is 7.64. The van der Waals surface area contributed by atoms with Crippen LogP contribution in [0.25, 0.3) is 0 Å². The number of thiol groups is 1. The smallest absolute Gasteiger partial charge is 0.324 e. The molecule has 1 unspecified atom stereocenters. The second-order valence-corrected chi connectivity index (χ2v) is 9.46. The first kappa shape index (κ1) is 20.7. The third kappa shape index (κ3) is 5.72. The lowest BCUT2D eigenvalue weighted by molar-refractivity contribution is -0.0153. The van der Waals surface area contributed by atoms with Gasteiger partial charge in [-0.15, -0.1) is 19.2 Å². The summed E-state index contributed by atoms with van der Waals surface area (Å²) in [6.45, 7) is 5.83. The van der Waals surface area contributed by atoms with Crippen LogP contribution in [0.3, 0.4) is 0 Å². The van der Waals surface area contributed by atoms with E-state index in [-0.39, 0.29) is 24.3 Å². The fourth-order valence-corrected chi connectivity index (χ4v) is 5.15. The van der Waals surface area contributed by atoms with Crippen LogP contribution in [0.5, 0.6) is 0 Å². The van der Waals surface area contributed by atoms with E-state index >= 15 is 0 Å². The molecule has 2 aliphatic carbocycles. The van der Waals surface area contributed by atoms with E-state index in [9.17, 15) is 4.79 Å². The topological polar surface area (TPSA) is 54.5 Å². The van der Waals surface area contributed by atoms with E-state index in [0.29, 0.717) is 11.2 Å². The largest absolute Gasteiger partial charge is 0.371 e. The number of nitrogens with one attached hydrogen (secondary N) is 1. The molecule has 0 aromatic carbocycles. The number of anilines is 1. The highest BCUT2D eigenvalue weighted by Crippen LogP contribution is 2.32. The summed E-state index contributed by atoms with van der Waals surface area (Å²) in [5, 5.41) is 3.64. The molecule has 1 N–H and O–H groups in total. The maximum atomic E-state index is 13.1. The number of hydrogen-bond donors (Lipinski definition) is 2. The predicted molar refractivity (Wildman–Crippen MR) is 114 cm³/mol. The lowest BCUT2D eigenvalue weighted by Crippen LogP contribution is -2.51. The average Bonchev–Trinajstić information content (AvgIpc) is 3.08. The molecule has 2 aliphatic rings. The van der Waals surface area contributed by atoms with E-state index in [2.05, 4.69) is 34.4 Å². The van der Waals surface area contributed by atoms with Crippen molar-refractivity contribution in [1.82, 2.24) is 9.88 Å². The van der Waals surface area contributed by atoms with Crippen LogP contribution in [0, 0.1) is 0 Å². The van der Waals surface area contributed by atoms with Crippen molar-refractivity contribution in [1.29, 1.82) is 0 Å². The third-order valence-corrected chi connectivity index (χ3v) is 6.79. The first-order valence-electron chi connectivity index (χ1n) is 10.1. The lowest BCUT2D eigenvalue weighted by Gasteiger charge is -2.42. The van der Waals surface area contributed by atoms with Gasteiger partial charge in [0.2, 0.25) is 0 Å². The zero-order valence-corrected chi connectivity index (χ0v) is 17.8. The molecule has 7 heteroatoms. The van der Waals surface area contributed by atoms with Crippen molar-refractivity contribution in [2.45, 2.75) is 93.2 Å². The van der Waals surface area contributed by atoms with Gasteiger partial charge in [0.05, 0.1) is 22.6 Å². The Morgan fingerprint density at radius 1 is 1.30 bits per heavy atom. The Balaban J connectivity index is 1.65. The second kappa shape index (κ2) is 9.94. The molecule has 1 aromatic heterocycles. The van der Waals surface area contributed by atoms with E-state index in [1.165, 1.54) is 30.6 Å². The van der Waals surface area contributed by atoms with E-state index in [0.717, 1.165) is 42.7 Å². The Bertz CT molecular complexity index is 622. The quantitative estimate of drug-likeness (QED) is 0.482. The molecule has 1 heterocycles. The molecule has 0 bridgehead atoms. The Kier molecular flexibility index (Phi) is 7.61. The number of hydrogen-bond acceptors (Lipinski definition) is 5. The van der Waals surface area contributed by atoms with Gasteiger partial charge in [0.1, 0.15) is 0 Å². The molecule has 3 rings (SSSR count). The molecular weight excluding hydrogens is 378 g/mol. The van der Waals surface area contributed by atoms with Gasteiger partial charge in [-0.2, -0.15) is 0 Å². The van der Waals surface area contributed by atoms with Crippen LogP contribution in [0.2, 0.25) is 0 Å². The van der Waals surface area contributed by atoms with Crippen molar-refractivity contribution in [3.8, 4) is 0 Å². The number of carbonyl (C=O) groups excluding carboxylic acids is 1. The van der Waals surface area contributed by atoms with Gasteiger partial charge in [0.15, 0.2) is 5.13 Å². The van der Waals surface area contributed by atoms with E-state index < -0.39 is 0 Å². The fraction of sp³-hybridized carbons (Fsp3) is 0.700. The highest BCUT2D eigenvalue weighted by atomic mass is 32.2. The number of aromatic nitrogens is 1. The summed E-state index contributed by atoms with van der Waals surface area (Å²) in [6, 6.07) is 0.611. The first-order valence-corrected chi connectivity index (χ1v) is 11.4. The van der Waals surface area contributed by atoms with Crippen LogP contribution in [0.4, 0.5) is 9.93 Å². The number of ether oxygens (including phenoxy) is 1. The van der Waals surface area contributed by atoms with Gasteiger partial charge in [-0.3, -0.25) is 5.32 Å². The van der Waals surface area contributed by atoms with Crippen LogP contribution < -0.4 is 5.32 Å². The van der Waals surface area contributed by atoms with Crippen LogP contribution in [-0.2, 0) is 4.74 Å². The normalized spacial score (nSPS) is 25.0. The monoisotopic (exact) mass is 409 g/mol. The number of carbonyl (C=O) groups is 1. The summed E-state index contributed by atoms with van der Waals surface area (Å²) in [7, 11) is 0. The molecule has 2 amide bonds. The van der Waals surface area contributed by atoms with Gasteiger partial charge in [-0.05, 0) is 45.4 Å². The number of urea groups is 1. The number of amides is 2. The SMILES string of the molecule is C=CC(C)OC1CCC(N(C(=O)Nc2ncc(S)s2)C2CCCCC2)CC1. The molecule has 2 saturated carbocycles. The fourth-order valence-electron chi connectivity index (χ4n) is 4.29. The van der Waals surface area contributed by atoms with Crippen LogP contribution in [0.15, 0.2) is 23.1 Å². The van der Waals surface area contributed by atoms with Crippen LogP contribution in [0.1, 0.15) is 64.7 Å². The molecule has 0 saturated heterocycles. The van der Waals surface area contributed by atoms with Crippen molar-refractivity contribution in [2.75, 3.05) is 5.32 Å². The average molecular weight is 410 g/mol. The Morgan fingerprint density at radius 3 is 2.56 bits per heavy atom. The molecule has 0 aliphatic heterocycles. The summed E-state index contributed by atoms with van der Waals surface area (Å²) < 4.78 is 6.83. The minimum Gasteiger partial charge on any atom is -0.371 e. The Hall–Kier alpha value is -1.05. The standard InChI is InChI=1S/C20H31N3O2S2/c1-3-14(2)25-17-11-9-16(10-12-17)23(15-7-5-4-6-8-15)20(24)22-19-21-13-18(26)27-19/h3,13-17,26H,1,4-12H2,2H3,(H,21,22,24). The zero-order valence-electron chi connectivity index (χ0n) is 16.1. The molecule has 5 nitrogen and oxygen atoms in total. The molecule has 150 valence electrons. The summed E-state index contributed by atoms with van der Waals surface area (Å²) in [5.74, 6) is 0.